The predicted molar refractivity (Wildman–Crippen MR) is 105 cm³/mol. The molecule has 2 aliphatic heterocycles. The average Bonchev–Trinajstić information content (AvgIpc) is 3.10. The highest BCUT2D eigenvalue weighted by molar-refractivity contribution is 5.69. The van der Waals surface area contributed by atoms with E-state index in [0.29, 0.717) is 19.2 Å². The fourth-order valence-electron chi connectivity index (χ4n) is 3.99. The van der Waals surface area contributed by atoms with Gasteiger partial charge in [-0.05, 0) is 11.1 Å². The molecule has 142 valence electrons. The first-order valence-electron chi connectivity index (χ1n) is 9.74. The Hall–Kier alpha value is -2.37. The van der Waals surface area contributed by atoms with E-state index in [9.17, 15) is 4.79 Å². The van der Waals surface area contributed by atoms with Crippen molar-refractivity contribution in [3.05, 3.63) is 71.8 Å². The number of rotatable bonds is 6. The number of hydrogen-bond acceptors (Lipinski definition) is 4. The zero-order valence-electron chi connectivity index (χ0n) is 15.7. The van der Waals surface area contributed by atoms with Crippen LogP contribution in [0.5, 0.6) is 0 Å². The molecular weight excluding hydrogens is 338 g/mol. The summed E-state index contributed by atoms with van der Waals surface area (Å²) in [5, 5.41) is 0. The van der Waals surface area contributed by atoms with Gasteiger partial charge >= 0.3 is 6.09 Å². The monoisotopic (exact) mass is 365 g/mol. The van der Waals surface area contributed by atoms with Crippen LogP contribution in [0.4, 0.5) is 4.79 Å². The SMILES string of the molecule is O=C1OCCN1CC1CN(Cc2ccccc2)CCN1Cc1ccccc1. The number of amides is 1. The molecule has 5 heteroatoms. The molecule has 2 aromatic carbocycles. The van der Waals surface area contributed by atoms with Crippen LogP contribution in [-0.4, -0.2) is 66.2 Å². The molecule has 27 heavy (non-hydrogen) atoms. The third kappa shape index (κ3) is 4.67. The molecule has 2 saturated heterocycles. The molecule has 1 amide bonds. The minimum absolute atomic E-state index is 0.171. The molecule has 1 atom stereocenters. The van der Waals surface area contributed by atoms with Crippen LogP contribution in [0.25, 0.3) is 0 Å². The average molecular weight is 365 g/mol. The first-order valence-corrected chi connectivity index (χ1v) is 9.74. The summed E-state index contributed by atoms with van der Waals surface area (Å²) in [5.41, 5.74) is 2.66. The lowest BCUT2D eigenvalue weighted by Crippen LogP contribution is -2.56. The maximum Gasteiger partial charge on any atom is 0.409 e. The molecular formula is C22H27N3O2. The number of cyclic esters (lactones) is 1. The summed E-state index contributed by atoms with van der Waals surface area (Å²) in [6.07, 6.45) is -0.171. The molecule has 2 aromatic rings. The van der Waals surface area contributed by atoms with Crippen LogP contribution in [0.15, 0.2) is 60.7 Å². The molecule has 0 spiro atoms. The predicted octanol–water partition coefficient (Wildman–Crippen LogP) is 2.83. The maximum atomic E-state index is 12.0. The van der Waals surface area contributed by atoms with E-state index in [2.05, 4.69) is 70.5 Å². The van der Waals surface area contributed by atoms with Crippen LogP contribution >= 0.6 is 0 Å². The highest BCUT2D eigenvalue weighted by Gasteiger charge is 2.32. The summed E-state index contributed by atoms with van der Waals surface area (Å²) < 4.78 is 5.14. The number of carbonyl (C=O) groups excluding carboxylic acids is 1. The lowest BCUT2D eigenvalue weighted by atomic mass is 10.1. The van der Waals surface area contributed by atoms with Crippen LogP contribution < -0.4 is 0 Å². The molecule has 1 unspecified atom stereocenters. The summed E-state index contributed by atoms with van der Waals surface area (Å²) in [4.78, 5) is 18.8. The molecule has 2 fully saturated rings. The number of hydrogen-bond donors (Lipinski definition) is 0. The van der Waals surface area contributed by atoms with E-state index in [0.717, 1.165) is 39.3 Å². The van der Waals surface area contributed by atoms with Gasteiger partial charge in [-0.15, -0.1) is 0 Å². The zero-order chi connectivity index (χ0) is 18.5. The molecule has 2 aliphatic rings. The Morgan fingerprint density at radius 2 is 1.52 bits per heavy atom. The van der Waals surface area contributed by atoms with Crippen molar-refractivity contribution in [1.82, 2.24) is 14.7 Å². The normalized spacial score (nSPS) is 21.4. The highest BCUT2D eigenvalue weighted by atomic mass is 16.6. The van der Waals surface area contributed by atoms with Gasteiger partial charge in [0.25, 0.3) is 0 Å². The Labute approximate surface area is 161 Å². The van der Waals surface area contributed by atoms with Crippen molar-refractivity contribution in [2.45, 2.75) is 19.1 Å². The minimum Gasteiger partial charge on any atom is -0.448 e. The second-order valence-electron chi connectivity index (χ2n) is 7.39. The molecule has 4 rings (SSSR count). The van der Waals surface area contributed by atoms with Gasteiger partial charge < -0.3 is 9.64 Å². The first kappa shape index (κ1) is 18.0. The van der Waals surface area contributed by atoms with E-state index in [1.165, 1.54) is 11.1 Å². The van der Waals surface area contributed by atoms with Crippen LogP contribution in [0.3, 0.4) is 0 Å². The summed E-state index contributed by atoms with van der Waals surface area (Å²) >= 11 is 0. The number of piperazine rings is 1. The number of nitrogens with zero attached hydrogens (tertiary/aromatic N) is 3. The summed E-state index contributed by atoms with van der Waals surface area (Å²) in [5.74, 6) is 0. The fraction of sp³-hybridized carbons (Fsp3) is 0.409. The van der Waals surface area contributed by atoms with Crippen LogP contribution in [0.2, 0.25) is 0 Å². The van der Waals surface area contributed by atoms with Gasteiger partial charge in [0.15, 0.2) is 0 Å². The largest absolute Gasteiger partial charge is 0.448 e. The standard InChI is InChI=1S/C22H27N3O2/c26-22-25(13-14-27-22)18-21-17-23(15-19-7-3-1-4-8-19)11-12-24(21)16-20-9-5-2-6-10-20/h1-10,21H,11-18H2. The van der Waals surface area contributed by atoms with Crippen molar-refractivity contribution >= 4 is 6.09 Å². The van der Waals surface area contributed by atoms with Crippen molar-refractivity contribution in [1.29, 1.82) is 0 Å². The highest BCUT2D eigenvalue weighted by Crippen LogP contribution is 2.18. The Kier molecular flexibility index (Phi) is 5.70. The van der Waals surface area contributed by atoms with Gasteiger partial charge in [-0.25, -0.2) is 4.79 Å². The van der Waals surface area contributed by atoms with E-state index < -0.39 is 0 Å². The second kappa shape index (κ2) is 8.55. The van der Waals surface area contributed by atoms with Crippen molar-refractivity contribution in [3.63, 3.8) is 0 Å². The van der Waals surface area contributed by atoms with Gasteiger partial charge in [-0.3, -0.25) is 9.80 Å². The smallest absolute Gasteiger partial charge is 0.409 e. The Morgan fingerprint density at radius 1 is 0.852 bits per heavy atom. The van der Waals surface area contributed by atoms with Crippen molar-refractivity contribution in [2.75, 3.05) is 39.3 Å². The van der Waals surface area contributed by atoms with E-state index in [4.69, 9.17) is 4.74 Å². The Balaban J connectivity index is 1.44. The molecule has 0 N–H and O–H groups in total. The molecule has 0 aliphatic carbocycles. The van der Waals surface area contributed by atoms with Crippen molar-refractivity contribution in [2.24, 2.45) is 0 Å². The quantitative estimate of drug-likeness (QED) is 0.789. The first-order chi connectivity index (χ1) is 13.3. The number of carbonyl (C=O) groups is 1. The van der Waals surface area contributed by atoms with E-state index in [1.54, 1.807) is 0 Å². The Morgan fingerprint density at radius 3 is 2.15 bits per heavy atom. The molecule has 0 aromatic heterocycles. The lowest BCUT2D eigenvalue weighted by molar-refractivity contribution is 0.0491. The molecule has 2 heterocycles. The van der Waals surface area contributed by atoms with Crippen LogP contribution in [-0.2, 0) is 17.8 Å². The van der Waals surface area contributed by atoms with Crippen LogP contribution in [0.1, 0.15) is 11.1 Å². The molecule has 5 nitrogen and oxygen atoms in total. The summed E-state index contributed by atoms with van der Waals surface area (Å²) in [7, 11) is 0. The third-order valence-electron chi connectivity index (χ3n) is 5.44. The zero-order valence-corrected chi connectivity index (χ0v) is 15.7. The van der Waals surface area contributed by atoms with Gasteiger partial charge in [0, 0.05) is 45.3 Å². The second-order valence-corrected chi connectivity index (χ2v) is 7.39. The molecule has 0 bridgehead atoms. The Bertz CT molecular complexity index is 738. The fourth-order valence-corrected chi connectivity index (χ4v) is 3.99. The van der Waals surface area contributed by atoms with Crippen molar-refractivity contribution in [3.8, 4) is 0 Å². The van der Waals surface area contributed by atoms with E-state index in [1.807, 2.05) is 4.90 Å². The van der Waals surface area contributed by atoms with Gasteiger partial charge in [0.1, 0.15) is 6.61 Å². The van der Waals surface area contributed by atoms with E-state index >= 15 is 0 Å². The van der Waals surface area contributed by atoms with E-state index in [-0.39, 0.29) is 6.09 Å². The van der Waals surface area contributed by atoms with Gasteiger partial charge in [0.05, 0.1) is 6.54 Å². The lowest BCUT2D eigenvalue weighted by Gasteiger charge is -2.42. The van der Waals surface area contributed by atoms with Crippen LogP contribution in [0, 0.1) is 0 Å². The van der Waals surface area contributed by atoms with Crippen molar-refractivity contribution < 1.29 is 9.53 Å². The molecule has 0 radical (unpaired) electrons. The third-order valence-corrected chi connectivity index (χ3v) is 5.44. The summed E-state index contributed by atoms with van der Waals surface area (Å²) in [6.45, 7) is 6.85. The topological polar surface area (TPSA) is 36.0 Å². The minimum atomic E-state index is -0.171. The molecule has 0 saturated carbocycles. The van der Waals surface area contributed by atoms with Gasteiger partial charge in [-0.1, -0.05) is 60.7 Å². The summed E-state index contributed by atoms with van der Waals surface area (Å²) in [6, 6.07) is 21.5. The number of benzene rings is 2. The number of ether oxygens (including phenoxy) is 1. The van der Waals surface area contributed by atoms with Gasteiger partial charge in [-0.2, -0.15) is 0 Å². The maximum absolute atomic E-state index is 12.0. The van der Waals surface area contributed by atoms with Gasteiger partial charge in [0.2, 0.25) is 0 Å².